The molecule has 0 bridgehead atoms. The Morgan fingerprint density at radius 1 is 1.43 bits per heavy atom. The molecular formula is C15H26IN5OS. The van der Waals surface area contributed by atoms with Crippen molar-refractivity contribution in [1.29, 1.82) is 0 Å². The maximum Gasteiger partial charge on any atom is 0.243 e. The zero-order valence-corrected chi connectivity index (χ0v) is 17.6. The Morgan fingerprint density at radius 3 is 2.57 bits per heavy atom. The molecular weight excluding hydrogens is 425 g/mol. The lowest BCUT2D eigenvalue weighted by molar-refractivity contribution is -0.127. The van der Waals surface area contributed by atoms with Gasteiger partial charge in [0.1, 0.15) is 6.54 Å². The first kappa shape index (κ1) is 21.8. The molecule has 0 aliphatic rings. The number of carbonyl (C=O) groups is 1. The number of aliphatic imine (C=N–C) groups is 1. The summed E-state index contributed by atoms with van der Waals surface area (Å²) in [5.74, 6) is 0.636. The highest BCUT2D eigenvalue weighted by atomic mass is 127. The lowest BCUT2D eigenvalue weighted by atomic mass is 10.3. The number of halogens is 1. The molecule has 8 heteroatoms. The van der Waals surface area contributed by atoms with Crippen LogP contribution in [0.5, 0.6) is 0 Å². The van der Waals surface area contributed by atoms with Crippen molar-refractivity contribution in [3.05, 3.63) is 28.2 Å². The van der Waals surface area contributed by atoms with Gasteiger partial charge in [-0.25, -0.2) is 9.98 Å². The molecule has 1 amide bonds. The van der Waals surface area contributed by atoms with Gasteiger partial charge in [0.25, 0.3) is 0 Å². The summed E-state index contributed by atoms with van der Waals surface area (Å²) in [7, 11) is 5.38. The molecule has 1 heterocycles. The monoisotopic (exact) mass is 451 g/mol. The van der Waals surface area contributed by atoms with Crippen LogP contribution in [0.3, 0.4) is 0 Å². The predicted molar refractivity (Wildman–Crippen MR) is 108 cm³/mol. The summed E-state index contributed by atoms with van der Waals surface area (Å²) in [4.78, 5) is 24.1. The minimum atomic E-state index is -0.0347. The molecule has 1 N–H and O–H groups in total. The molecule has 0 saturated heterocycles. The molecule has 1 rings (SSSR count). The fourth-order valence-electron chi connectivity index (χ4n) is 1.62. The van der Waals surface area contributed by atoms with E-state index in [1.165, 1.54) is 4.90 Å². The van der Waals surface area contributed by atoms with E-state index in [1.54, 1.807) is 25.4 Å². The number of carbonyl (C=O) groups excluding carboxylic acids is 1. The summed E-state index contributed by atoms with van der Waals surface area (Å²) in [6, 6.07) is 0. The lowest BCUT2D eigenvalue weighted by Gasteiger charge is -2.22. The van der Waals surface area contributed by atoms with Gasteiger partial charge in [0.05, 0.1) is 17.2 Å². The maximum atomic E-state index is 11.7. The van der Waals surface area contributed by atoms with Crippen LogP contribution in [0.15, 0.2) is 22.5 Å². The van der Waals surface area contributed by atoms with Gasteiger partial charge in [-0.15, -0.1) is 35.3 Å². The molecule has 1 aromatic heterocycles. The topological polar surface area (TPSA) is 60.8 Å². The van der Waals surface area contributed by atoms with E-state index in [-0.39, 0.29) is 36.4 Å². The minimum absolute atomic E-state index is 0. The van der Waals surface area contributed by atoms with Gasteiger partial charge < -0.3 is 15.1 Å². The molecule has 130 valence electrons. The number of nitrogens with zero attached hydrogens (tertiary/aromatic N) is 4. The summed E-state index contributed by atoms with van der Waals surface area (Å²) >= 11 is 1.63. The zero-order chi connectivity index (χ0) is 16.7. The number of amides is 1. The standard InChI is InChI=1S/C15H25N5OS.HI/c1-11(2)7-16-15(17-8-14(21)19(4)5)20(6)9-13-10-22-12(3)18-13;/h10H,1,7-9H2,2-6H3,(H,16,17);1H. The molecule has 0 fully saturated rings. The minimum Gasteiger partial charge on any atom is -0.353 e. The van der Waals surface area contributed by atoms with Crippen molar-refractivity contribution in [3.8, 4) is 0 Å². The van der Waals surface area contributed by atoms with E-state index in [0.717, 1.165) is 16.3 Å². The van der Waals surface area contributed by atoms with Gasteiger partial charge in [0.15, 0.2) is 5.96 Å². The number of thiazole rings is 1. The van der Waals surface area contributed by atoms with E-state index in [1.807, 2.05) is 31.2 Å². The van der Waals surface area contributed by atoms with Crippen molar-refractivity contribution in [2.75, 3.05) is 34.2 Å². The Balaban J connectivity index is 0.00000484. The van der Waals surface area contributed by atoms with Gasteiger partial charge >= 0.3 is 0 Å². The Kier molecular flexibility index (Phi) is 10.1. The number of guanidine groups is 1. The number of rotatable bonds is 6. The second-order valence-corrected chi connectivity index (χ2v) is 6.51. The van der Waals surface area contributed by atoms with Crippen molar-refractivity contribution in [2.24, 2.45) is 4.99 Å². The highest BCUT2D eigenvalue weighted by molar-refractivity contribution is 14.0. The fourth-order valence-corrected chi connectivity index (χ4v) is 2.23. The van der Waals surface area contributed by atoms with E-state index in [0.29, 0.717) is 19.0 Å². The van der Waals surface area contributed by atoms with Crippen molar-refractivity contribution < 1.29 is 4.79 Å². The summed E-state index contributed by atoms with van der Waals surface area (Å²) in [6.45, 7) is 9.18. The molecule has 0 radical (unpaired) electrons. The lowest BCUT2D eigenvalue weighted by Crippen LogP contribution is -2.40. The third-order valence-electron chi connectivity index (χ3n) is 2.84. The van der Waals surface area contributed by atoms with Crippen LogP contribution in [0, 0.1) is 6.92 Å². The van der Waals surface area contributed by atoms with Crippen molar-refractivity contribution >= 4 is 47.2 Å². The first-order valence-corrected chi connectivity index (χ1v) is 7.92. The fraction of sp³-hybridized carbons (Fsp3) is 0.533. The average molecular weight is 451 g/mol. The number of aromatic nitrogens is 1. The molecule has 1 aromatic rings. The molecule has 6 nitrogen and oxygen atoms in total. The SMILES string of the molecule is C=C(C)CNC(=NCC(=O)N(C)C)N(C)Cc1csc(C)n1.I. The van der Waals surface area contributed by atoms with E-state index in [9.17, 15) is 4.79 Å². The Hall–Kier alpha value is -1.16. The van der Waals surface area contributed by atoms with Crippen LogP contribution in [0.4, 0.5) is 0 Å². The van der Waals surface area contributed by atoms with Crippen LogP contribution in [0.25, 0.3) is 0 Å². The van der Waals surface area contributed by atoms with Crippen molar-refractivity contribution in [3.63, 3.8) is 0 Å². The molecule has 0 atom stereocenters. The number of likely N-dealkylation sites (N-methyl/N-ethyl adjacent to an activating group) is 1. The van der Waals surface area contributed by atoms with E-state index >= 15 is 0 Å². The van der Waals surface area contributed by atoms with Gasteiger partial charge in [-0.2, -0.15) is 0 Å². The van der Waals surface area contributed by atoms with Gasteiger partial charge in [-0.05, 0) is 13.8 Å². The quantitative estimate of drug-likeness (QED) is 0.312. The van der Waals surface area contributed by atoms with Crippen LogP contribution in [-0.2, 0) is 11.3 Å². The van der Waals surface area contributed by atoms with E-state index < -0.39 is 0 Å². The smallest absolute Gasteiger partial charge is 0.243 e. The largest absolute Gasteiger partial charge is 0.353 e. The van der Waals surface area contributed by atoms with Crippen LogP contribution in [0.1, 0.15) is 17.6 Å². The second kappa shape index (κ2) is 10.6. The first-order valence-electron chi connectivity index (χ1n) is 7.04. The summed E-state index contributed by atoms with van der Waals surface area (Å²) in [6.07, 6.45) is 0. The number of hydrogen-bond donors (Lipinski definition) is 1. The number of hydrogen-bond acceptors (Lipinski definition) is 4. The van der Waals surface area contributed by atoms with Gasteiger partial charge in [0, 0.05) is 33.1 Å². The third-order valence-corrected chi connectivity index (χ3v) is 3.66. The zero-order valence-electron chi connectivity index (χ0n) is 14.4. The molecule has 0 aliphatic heterocycles. The van der Waals surface area contributed by atoms with Crippen LogP contribution in [0.2, 0.25) is 0 Å². The van der Waals surface area contributed by atoms with Gasteiger partial charge in [-0.3, -0.25) is 4.79 Å². The van der Waals surface area contributed by atoms with Crippen LogP contribution >= 0.6 is 35.3 Å². The predicted octanol–water partition coefficient (Wildman–Crippen LogP) is 2.11. The Bertz CT molecular complexity index is 556. The van der Waals surface area contributed by atoms with E-state index in [4.69, 9.17) is 0 Å². The molecule has 23 heavy (non-hydrogen) atoms. The molecule has 0 spiro atoms. The first-order chi connectivity index (χ1) is 10.3. The van der Waals surface area contributed by atoms with Gasteiger partial charge in [-0.1, -0.05) is 12.2 Å². The van der Waals surface area contributed by atoms with Crippen molar-refractivity contribution in [1.82, 2.24) is 20.1 Å². The van der Waals surface area contributed by atoms with Crippen molar-refractivity contribution in [2.45, 2.75) is 20.4 Å². The van der Waals surface area contributed by atoms with Gasteiger partial charge in [0.2, 0.25) is 5.91 Å². The maximum absolute atomic E-state index is 11.7. The molecule has 0 unspecified atom stereocenters. The summed E-state index contributed by atoms with van der Waals surface area (Å²) < 4.78 is 0. The normalized spacial score (nSPS) is 10.7. The molecule has 0 aliphatic carbocycles. The van der Waals surface area contributed by atoms with Crippen LogP contribution < -0.4 is 5.32 Å². The average Bonchev–Trinajstić information content (AvgIpc) is 2.83. The number of nitrogens with one attached hydrogen (secondary N) is 1. The van der Waals surface area contributed by atoms with E-state index in [2.05, 4.69) is 21.9 Å². The highest BCUT2D eigenvalue weighted by Crippen LogP contribution is 2.09. The molecule has 0 aromatic carbocycles. The Morgan fingerprint density at radius 2 is 2.09 bits per heavy atom. The second-order valence-electron chi connectivity index (χ2n) is 5.45. The molecule has 0 saturated carbocycles. The van der Waals surface area contributed by atoms with Crippen LogP contribution in [-0.4, -0.2) is 60.9 Å². The summed E-state index contributed by atoms with van der Waals surface area (Å²) in [5.41, 5.74) is 2.00. The Labute approximate surface area is 159 Å². The number of aryl methyl sites for hydroxylation is 1. The third kappa shape index (κ3) is 8.31. The summed E-state index contributed by atoms with van der Waals surface area (Å²) in [5, 5.41) is 6.30. The highest BCUT2D eigenvalue weighted by Gasteiger charge is 2.10.